The number of methoxy groups -OCH3 is 1. The van der Waals surface area contributed by atoms with Crippen molar-refractivity contribution >= 4 is 35.1 Å². The monoisotopic (exact) mass is 405 g/mol. The van der Waals surface area contributed by atoms with Gasteiger partial charge < -0.3 is 20.3 Å². The van der Waals surface area contributed by atoms with Gasteiger partial charge in [-0.15, -0.1) is 0 Å². The number of carbonyl (C=O) groups excluding carboxylic acids is 2. The number of amides is 2. The highest BCUT2D eigenvalue weighted by atomic mass is 35.5. The number of benzene rings is 1. The molecule has 2 N–H and O–H groups in total. The van der Waals surface area contributed by atoms with Crippen LogP contribution in [0.1, 0.15) is 29.9 Å². The largest absolute Gasteiger partial charge is 0.375 e. The van der Waals surface area contributed by atoms with E-state index >= 15 is 0 Å². The Morgan fingerprint density at radius 2 is 2.00 bits per heavy atom. The summed E-state index contributed by atoms with van der Waals surface area (Å²) >= 11 is 6.11. The van der Waals surface area contributed by atoms with Gasteiger partial charge in [-0.05, 0) is 31.5 Å². The molecule has 0 aliphatic heterocycles. The van der Waals surface area contributed by atoms with Gasteiger partial charge in [0.25, 0.3) is 5.91 Å². The van der Waals surface area contributed by atoms with E-state index in [1.54, 1.807) is 18.2 Å². The third-order valence-electron chi connectivity index (χ3n) is 3.93. The molecule has 2 aromatic rings. The Hall–Kier alpha value is -2.71. The molecule has 0 bridgehead atoms. The number of rotatable bonds is 9. The van der Waals surface area contributed by atoms with Crippen LogP contribution in [0.2, 0.25) is 5.02 Å². The molecule has 0 fully saturated rings. The Balaban J connectivity index is 2.06. The lowest BCUT2D eigenvalue weighted by atomic mass is 10.2. The summed E-state index contributed by atoms with van der Waals surface area (Å²) in [6, 6.07) is 7.17. The predicted molar refractivity (Wildman–Crippen MR) is 109 cm³/mol. The molecular formula is C19H24ClN5O3. The molecule has 1 aromatic carbocycles. The summed E-state index contributed by atoms with van der Waals surface area (Å²) in [5.74, 6) is -0.183. The lowest BCUT2D eigenvalue weighted by Crippen LogP contribution is -2.28. The van der Waals surface area contributed by atoms with Crippen LogP contribution in [-0.2, 0) is 16.1 Å². The molecule has 0 spiro atoms. The number of hydrogen-bond acceptors (Lipinski definition) is 6. The molecule has 0 saturated carbocycles. The van der Waals surface area contributed by atoms with Gasteiger partial charge in [0.2, 0.25) is 11.9 Å². The van der Waals surface area contributed by atoms with Crippen LogP contribution in [0.5, 0.6) is 0 Å². The van der Waals surface area contributed by atoms with Gasteiger partial charge in [0, 0.05) is 32.4 Å². The van der Waals surface area contributed by atoms with Gasteiger partial charge in [0.1, 0.15) is 6.61 Å². The number of halogens is 1. The first kappa shape index (κ1) is 21.6. The van der Waals surface area contributed by atoms with E-state index in [1.165, 1.54) is 13.3 Å². The molecule has 28 heavy (non-hydrogen) atoms. The van der Waals surface area contributed by atoms with Crippen LogP contribution in [0, 0.1) is 0 Å². The Kier molecular flexibility index (Phi) is 8.16. The maximum absolute atomic E-state index is 12.5. The number of nitrogens with one attached hydrogen (secondary N) is 2. The van der Waals surface area contributed by atoms with Crippen LogP contribution in [0.4, 0.5) is 11.6 Å². The molecule has 150 valence electrons. The van der Waals surface area contributed by atoms with Gasteiger partial charge in [0.05, 0.1) is 11.2 Å². The average molecular weight is 406 g/mol. The Morgan fingerprint density at radius 1 is 1.25 bits per heavy atom. The Labute approximate surface area is 169 Å². The van der Waals surface area contributed by atoms with Crippen molar-refractivity contribution in [2.45, 2.75) is 20.4 Å². The minimum absolute atomic E-state index is 0.0257. The summed E-state index contributed by atoms with van der Waals surface area (Å²) in [7, 11) is 1.45. The fourth-order valence-electron chi connectivity index (χ4n) is 2.53. The van der Waals surface area contributed by atoms with Gasteiger partial charge in [-0.25, -0.2) is 9.97 Å². The highest BCUT2D eigenvalue weighted by Gasteiger charge is 2.16. The molecule has 0 aliphatic carbocycles. The highest BCUT2D eigenvalue weighted by Crippen LogP contribution is 2.17. The minimum atomic E-state index is -0.394. The summed E-state index contributed by atoms with van der Waals surface area (Å²) in [4.78, 5) is 34.6. The number of ether oxygens (including phenoxy) is 1. The summed E-state index contributed by atoms with van der Waals surface area (Å²) in [5.41, 5.74) is 1.57. The van der Waals surface area contributed by atoms with E-state index < -0.39 is 5.91 Å². The molecule has 2 amide bonds. The molecule has 0 atom stereocenters. The van der Waals surface area contributed by atoms with Crippen molar-refractivity contribution in [1.82, 2.24) is 15.3 Å². The summed E-state index contributed by atoms with van der Waals surface area (Å²) < 4.78 is 4.79. The van der Waals surface area contributed by atoms with Crippen LogP contribution in [0.25, 0.3) is 0 Å². The molecule has 0 radical (unpaired) electrons. The molecule has 0 unspecified atom stereocenters. The van der Waals surface area contributed by atoms with Crippen LogP contribution >= 0.6 is 11.6 Å². The number of nitrogens with zero attached hydrogens (tertiary/aromatic N) is 3. The van der Waals surface area contributed by atoms with Crippen LogP contribution in [0.15, 0.2) is 30.5 Å². The highest BCUT2D eigenvalue weighted by molar-refractivity contribution is 6.33. The molecule has 1 aromatic heterocycles. The van der Waals surface area contributed by atoms with E-state index in [4.69, 9.17) is 16.3 Å². The summed E-state index contributed by atoms with van der Waals surface area (Å²) in [6.07, 6.45) is 1.43. The van der Waals surface area contributed by atoms with Gasteiger partial charge in [-0.1, -0.05) is 23.7 Å². The van der Waals surface area contributed by atoms with Crippen molar-refractivity contribution in [3.8, 4) is 0 Å². The summed E-state index contributed by atoms with van der Waals surface area (Å²) in [5, 5.41) is 5.70. The lowest BCUT2D eigenvalue weighted by Gasteiger charge is -2.19. The molecular weight excluding hydrogens is 382 g/mol. The van der Waals surface area contributed by atoms with Gasteiger partial charge in [0.15, 0.2) is 5.69 Å². The fourth-order valence-corrected chi connectivity index (χ4v) is 2.71. The number of carbonyl (C=O) groups is 2. The second kappa shape index (κ2) is 10.6. The standard InChI is InChI=1S/C19H24ClN5O3/c1-4-25(5-2)19-22-11-15(20)17(24-19)18(27)21-10-13-7-6-8-14(9-13)23-16(26)12-28-3/h6-9,11H,4-5,10,12H2,1-3H3,(H,21,27)(H,23,26). The van der Waals surface area contributed by atoms with Crippen molar-refractivity contribution in [3.05, 3.63) is 46.7 Å². The lowest BCUT2D eigenvalue weighted by molar-refractivity contribution is -0.119. The molecule has 0 aliphatic rings. The number of anilines is 2. The Morgan fingerprint density at radius 3 is 2.68 bits per heavy atom. The summed E-state index contributed by atoms with van der Waals surface area (Å²) in [6.45, 7) is 5.65. The topological polar surface area (TPSA) is 96.5 Å². The molecule has 0 saturated heterocycles. The first-order valence-electron chi connectivity index (χ1n) is 8.91. The van der Waals surface area contributed by atoms with Crippen LogP contribution in [0.3, 0.4) is 0 Å². The zero-order valence-corrected chi connectivity index (χ0v) is 16.9. The van der Waals surface area contributed by atoms with Crippen molar-refractivity contribution in [3.63, 3.8) is 0 Å². The smallest absolute Gasteiger partial charge is 0.271 e. The number of hydrogen-bond donors (Lipinski definition) is 2. The van der Waals surface area contributed by atoms with Crippen molar-refractivity contribution in [1.29, 1.82) is 0 Å². The van der Waals surface area contributed by atoms with Crippen molar-refractivity contribution in [2.24, 2.45) is 0 Å². The van der Waals surface area contributed by atoms with E-state index in [2.05, 4.69) is 20.6 Å². The van der Waals surface area contributed by atoms with Crippen LogP contribution in [-0.4, -0.2) is 48.6 Å². The second-order valence-electron chi connectivity index (χ2n) is 5.90. The first-order chi connectivity index (χ1) is 13.5. The normalized spacial score (nSPS) is 10.4. The molecule has 1 heterocycles. The van der Waals surface area contributed by atoms with Crippen molar-refractivity contribution in [2.75, 3.05) is 37.0 Å². The molecule has 8 nitrogen and oxygen atoms in total. The van der Waals surface area contributed by atoms with E-state index in [-0.39, 0.29) is 29.8 Å². The zero-order chi connectivity index (χ0) is 20.5. The quantitative estimate of drug-likeness (QED) is 0.665. The van der Waals surface area contributed by atoms with Gasteiger partial charge in [-0.2, -0.15) is 0 Å². The molecule has 2 rings (SSSR count). The van der Waals surface area contributed by atoms with E-state index in [1.807, 2.05) is 24.8 Å². The second-order valence-corrected chi connectivity index (χ2v) is 6.31. The van der Waals surface area contributed by atoms with Crippen LogP contribution < -0.4 is 15.5 Å². The number of aromatic nitrogens is 2. The molecule has 9 heteroatoms. The average Bonchev–Trinajstić information content (AvgIpc) is 2.68. The van der Waals surface area contributed by atoms with E-state index in [0.717, 1.165) is 18.7 Å². The zero-order valence-electron chi connectivity index (χ0n) is 16.2. The first-order valence-corrected chi connectivity index (χ1v) is 9.29. The van der Waals surface area contributed by atoms with E-state index in [0.29, 0.717) is 11.6 Å². The van der Waals surface area contributed by atoms with E-state index in [9.17, 15) is 9.59 Å². The van der Waals surface area contributed by atoms with Gasteiger partial charge in [-0.3, -0.25) is 9.59 Å². The minimum Gasteiger partial charge on any atom is -0.375 e. The maximum Gasteiger partial charge on any atom is 0.271 e. The van der Waals surface area contributed by atoms with Gasteiger partial charge >= 0.3 is 0 Å². The predicted octanol–water partition coefficient (Wildman–Crippen LogP) is 2.49. The SMILES string of the molecule is CCN(CC)c1ncc(Cl)c(C(=O)NCc2cccc(NC(=O)COC)c2)n1. The third-order valence-corrected chi connectivity index (χ3v) is 4.21. The maximum atomic E-state index is 12.5. The third kappa shape index (κ3) is 5.90. The fraction of sp³-hybridized carbons (Fsp3) is 0.368. The Bertz CT molecular complexity index is 827. The van der Waals surface area contributed by atoms with Crippen molar-refractivity contribution < 1.29 is 14.3 Å².